The molecule has 8 rings (SSSR count). The summed E-state index contributed by atoms with van der Waals surface area (Å²) in [6.45, 7) is 12.4. The van der Waals surface area contributed by atoms with Crippen LogP contribution in [0.2, 0.25) is 0 Å². The Kier molecular flexibility index (Phi) is 1.53. The molecule has 2 heteroatoms. The zero-order valence-electron chi connectivity index (χ0n) is 13.5. The lowest BCUT2D eigenvalue weighted by Crippen LogP contribution is -2.69. The Morgan fingerprint density at radius 2 is 1.48 bits per heavy atom. The maximum Gasteiger partial charge on any atom is 0.177 e. The van der Waals surface area contributed by atoms with Crippen LogP contribution in [0.25, 0.3) is 0 Å². The van der Waals surface area contributed by atoms with Gasteiger partial charge in [-0.25, -0.2) is 0 Å². The molecule has 1 N–H and O–H groups in total. The Morgan fingerprint density at radius 1 is 0.870 bits per heavy atom. The standard InChI is InChI=1S/C21H24O2/c1-4-7-18-13-11-15-16-12(17(11)9-10-17)14(13)19(18,8-5-2)21(16,22)23-20(15,18)6-3/h4-6,11-16,22H,1-3,7-10H2/t11?,12?,13?,14?,15?,16?,18-,19+,20-,21+/m0/s1. The summed E-state index contributed by atoms with van der Waals surface area (Å²) >= 11 is 0. The van der Waals surface area contributed by atoms with Gasteiger partial charge in [-0.3, -0.25) is 0 Å². The van der Waals surface area contributed by atoms with Gasteiger partial charge in [0.25, 0.3) is 0 Å². The van der Waals surface area contributed by atoms with E-state index in [1.54, 1.807) is 0 Å². The van der Waals surface area contributed by atoms with Crippen LogP contribution in [-0.4, -0.2) is 16.5 Å². The van der Waals surface area contributed by atoms with Gasteiger partial charge in [0.05, 0.1) is 5.60 Å². The molecule has 0 aromatic heterocycles. The molecule has 8 aliphatic rings. The average Bonchev–Trinajstić information content (AvgIpc) is 3.04. The van der Waals surface area contributed by atoms with Crippen molar-refractivity contribution in [3.63, 3.8) is 0 Å². The van der Waals surface area contributed by atoms with E-state index in [0.717, 1.165) is 24.7 Å². The molecule has 2 saturated heterocycles. The molecule has 8 fully saturated rings. The maximum absolute atomic E-state index is 11.9. The fourth-order valence-electron chi connectivity index (χ4n) is 10.6. The molecule has 6 aliphatic carbocycles. The molecule has 10 atom stereocenters. The third-order valence-electron chi connectivity index (χ3n) is 10.3. The monoisotopic (exact) mass is 308 g/mol. The Morgan fingerprint density at radius 3 is 2.09 bits per heavy atom. The van der Waals surface area contributed by atoms with Gasteiger partial charge in [0.2, 0.25) is 0 Å². The number of hydrogen-bond donors (Lipinski definition) is 1. The molecule has 1 spiro atoms. The molecule has 6 saturated carbocycles. The van der Waals surface area contributed by atoms with Crippen molar-refractivity contribution >= 4 is 0 Å². The fourth-order valence-corrected chi connectivity index (χ4v) is 10.6. The summed E-state index contributed by atoms with van der Waals surface area (Å²) in [7, 11) is 0. The van der Waals surface area contributed by atoms with Crippen molar-refractivity contribution in [3.05, 3.63) is 38.0 Å². The van der Waals surface area contributed by atoms with Crippen molar-refractivity contribution in [2.24, 2.45) is 51.8 Å². The summed E-state index contributed by atoms with van der Waals surface area (Å²) < 4.78 is 6.67. The zero-order chi connectivity index (χ0) is 15.6. The molecule has 0 aromatic rings. The first-order valence-electron chi connectivity index (χ1n) is 9.36. The first kappa shape index (κ1) is 12.5. The molecule has 4 bridgehead atoms. The van der Waals surface area contributed by atoms with Gasteiger partial charge in [-0.2, -0.15) is 0 Å². The second kappa shape index (κ2) is 2.82. The third-order valence-corrected chi connectivity index (χ3v) is 10.3. The second-order valence-electron chi connectivity index (χ2n) is 9.61. The molecule has 6 unspecified atom stereocenters. The summed E-state index contributed by atoms with van der Waals surface area (Å²) in [5, 5.41) is 11.9. The summed E-state index contributed by atoms with van der Waals surface area (Å²) in [5.74, 6) is 2.79. The largest absolute Gasteiger partial charge is 0.365 e. The van der Waals surface area contributed by atoms with Gasteiger partial charge < -0.3 is 9.84 Å². The minimum atomic E-state index is -0.935. The van der Waals surface area contributed by atoms with Crippen LogP contribution >= 0.6 is 0 Å². The third kappa shape index (κ3) is 0.662. The number of allylic oxidation sites excluding steroid dienone is 2. The predicted octanol–water partition coefficient (Wildman–Crippen LogP) is 3.30. The van der Waals surface area contributed by atoms with Crippen molar-refractivity contribution in [1.29, 1.82) is 0 Å². The van der Waals surface area contributed by atoms with Gasteiger partial charge in [0.1, 0.15) is 0 Å². The van der Waals surface area contributed by atoms with E-state index >= 15 is 0 Å². The fraction of sp³-hybridized carbons (Fsp3) is 0.714. The summed E-state index contributed by atoms with van der Waals surface area (Å²) in [5.41, 5.74) is 0.153. The molecule has 2 nitrogen and oxygen atoms in total. The maximum atomic E-state index is 11.9. The lowest BCUT2D eigenvalue weighted by Gasteiger charge is -2.66. The summed E-state index contributed by atoms with van der Waals surface area (Å²) in [6.07, 6.45) is 10.8. The van der Waals surface area contributed by atoms with E-state index < -0.39 is 5.79 Å². The van der Waals surface area contributed by atoms with Crippen molar-refractivity contribution in [3.8, 4) is 0 Å². The molecule has 23 heavy (non-hydrogen) atoms. The van der Waals surface area contributed by atoms with Crippen molar-refractivity contribution in [2.75, 3.05) is 0 Å². The normalized spacial score (nSPS) is 71.3. The molecule has 0 aromatic carbocycles. The van der Waals surface area contributed by atoms with Crippen LogP contribution in [0.4, 0.5) is 0 Å². The van der Waals surface area contributed by atoms with Gasteiger partial charge in [-0.15, -0.1) is 19.7 Å². The van der Waals surface area contributed by atoms with Crippen LogP contribution in [0.3, 0.4) is 0 Å². The van der Waals surface area contributed by atoms with Gasteiger partial charge in [-0.1, -0.05) is 18.2 Å². The highest BCUT2D eigenvalue weighted by Gasteiger charge is 3.09. The Balaban J connectivity index is 1.62. The molecule has 2 heterocycles. The number of rotatable bonds is 5. The van der Waals surface area contributed by atoms with Gasteiger partial charge >= 0.3 is 0 Å². The highest BCUT2D eigenvalue weighted by atomic mass is 16.7. The average molecular weight is 308 g/mol. The predicted molar refractivity (Wildman–Crippen MR) is 86.1 cm³/mol. The Labute approximate surface area is 137 Å². The van der Waals surface area contributed by atoms with Crippen LogP contribution in [0, 0.1) is 51.8 Å². The van der Waals surface area contributed by atoms with Gasteiger partial charge in [0, 0.05) is 22.7 Å². The van der Waals surface area contributed by atoms with E-state index in [4.69, 9.17) is 4.74 Å². The minimum Gasteiger partial charge on any atom is -0.365 e. The van der Waals surface area contributed by atoms with E-state index in [9.17, 15) is 5.11 Å². The first-order chi connectivity index (χ1) is 11.1. The SMILES string of the molecule is C=CC[C@]12C3C4C5C6C(C3[C@@]1(CC=C)[C@]6(O)O[C@@]52C=C)C41CC1. The van der Waals surface area contributed by atoms with E-state index in [2.05, 4.69) is 31.9 Å². The molecule has 120 valence electrons. The minimum absolute atomic E-state index is 0.0315. The van der Waals surface area contributed by atoms with E-state index in [0.29, 0.717) is 29.1 Å². The second-order valence-corrected chi connectivity index (χ2v) is 9.61. The van der Waals surface area contributed by atoms with E-state index in [1.807, 2.05) is 6.08 Å². The van der Waals surface area contributed by atoms with Crippen molar-refractivity contribution < 1.29 is 9.84 Å². The summed E-state index contributed by atoms with van der Waals surface area (Å²) in [4.78, 5) is 0. The number of hydrogen-bond acceptors (Lipinski definition) is 2. The van der Waals surface area contributed by atoms with Gasteiger partial charge in [-0.05, 0) is 54.8 Å². The topological polar surface area (TPSA) is 29.5 Å². The highest BCUT2D eigenvalue weighted by Crippen LogP contribution is 3.06. The molecular weight excluding hydrogens is 284 g/mol. The van der Waals surface area contributed by atoms with E-state index in [1.165, 1.54) is 12.8 Å². The Bertz CT molecular complexity index is 736. The van der Waals surface area contributed by atoms with Crippen LogP contribution in [-0.2, 0) is 4.74 Å². The lowest BCUT2D eigenvalue weighted by molar-refractivity contribution is -0.265. The zero-order valence-corrected chi connectivity index (χ0v) is 13.5. The Hall–Kier alpha value is -0.860. The summed E-state index contributed by atoms with van der Waals surface area (Å²) in [6, 6.07) is 0. The first-order valence-corrected chi connectivity index (χ1v) is 9.36. The van der Waals surface area contributed by atoms with Gasteiger partial charge in [0.15, 0.2) is 5.79 Å². The highest BCUT2D eigenvalue weighted by molar-refractivity contribution is 5.56. The van der Waals surface area contributed by atoms with Crippen molar-refractivity contribution in [1.82, 2.24) is 0 Å². The quantitative estimate of drug-likeness (QED) is 0.790. The molecular formula is C21H24O2. The van der Waals surface area contributed by atoms with Crippen LogP contribution in [0.5, 0.6) is 0 Å². The van der Waals surface area contributed by atoms with E-state index in [-0.39, 0.29) is 16.4 Å². The molecule has 2 aliphatic heterocycles. The van der Waals surface area contributed by atoms with Crippen LogP contribution < -0.4 is 0 Å². The smallest absolute Gasteiger partial charge is 0.177 e. The number of aliphatic hydroxyl groups is 1. The van der Waals surface area contributed by atoms with Crippen molar-refractivity contribution in [2.45, 2.75) is 37.1 Å². The molecule has 0 radical (unpaired) electrons. The number of ether oxygens (including phenoxy) is 1. The van der Waals surface area contributed by atoms with Crippen LogP contribution in [0.15, 0.2) is 38.0 Å². The molecule has 0 amide bonds. The van der Waals surface area contributed by atoms with Crippen LogP contribution in [0.1, 0.15) is 25.7 Å². The lowest BCUT2D eigenvalue weighted by atomic mass is 9.35.